The van der Waals surface area contributed by atoms with Gasteiger partial charge in [0.1, 0.15) is 0 Å². The Hall–Kier alpha value is -1.74. The molecule has 1 aliphatic heterocycles. The summed E-state index contributed by atoms with van der Waals surface area (Å²) >= 11 is 3.36. The van der Waals surface area contributed by atoms with Crippen molar-refractivity contribution in [1.82, 2.24) is 9.21 Å². The van der Waals surface area contributed by atoms with Crippen molar-refractivity contribution in [2.24, 2.45) is 0 Å². The molecule has 0 unspecified atom stereocenters. The van der Waals surface area contributed by atoms with E-state index in [-0.39, 0.29) is 11.7 Å². The summed E-state index contributed by atoms with van der Waals surface area (Å²) in [7, 11) is -3.11. The number of benzene rings is 2. The lowest BCUT2D eigenvalue weighted by Crippen LogP contribution is -2.48. The zero-order valence-corrected chi connectivity index (χ0v) is 18.9. The molecule has 0 aliphatic carbocycles. The van der Waals surface area contributed by atoms with Crippen LogP contribution in [0.25, 0.3) is 0 Å². The lowest BCUT2D eigenvalue weighted by molar-refractivity contribution is 0.102. The molecule has 1 aliphatic rings. The summed E-state index contributed by atoms with van der Waals surface area (Å²) in [6.45, 7) is 5.20. The van der Waals surface area contributed by atoms with Gasteiger partial charge in [-0.2, -0.15) is 4.31 Å². The number of hydrogen-bond acceptors (Lipinski definition) is 4. The van der Waals surface area contributed by atoms with Crippen LogP contribution < -0.4 is 5.32 Å². The van der Waals surface area contributed by atoms with Crippen LogP contribution in [0.15, 0.2) is 53.0 Å². The third-order valence-electron chi connectivity index (χ3n) is 4.91. The van der Waals surface area contributed by atoms with Crippen molar-refractivity contribution in [3.63, 3.8) is 0 Å². The van der Waals surface area contributed by atoms with Gasteiger partial charge < -0.3 is 5.32 Å². The molecule has 156 valence electrons. The van der Waals surface area contributed by atoms with Gasteiger partial charge in [-0.25, -0.2) is 8.42 Å². The molecular formula is C21H26BrN3O3S. The zero-order chi connectivity index (χ0) is 20.9. The monoisotopic (exact) mass is 479 g/mol. The molecule has 3 rings (SSSR count). The minimum Gasteiger partial charge on any atom is -0.322 e. The second kappa shape index (κ2) is 9.84. The number of nitrogens with one attached hydrogen (secondary N) is 1. The largest absolute Gasteiger partial charge is 0.322 e. The van der Waals surface area contributed by atoms with Crippen LogP contribution in [0.1, 0.15) is 29.3 Å². The van der Waals surface area contributed by atoms with E-state index in [4.69, 9.17) is 0 Å². The number of nitrogens with zero attached hydrogens (tertiary/aromatic N) is 2. The van der Waals surface area contributed by atoms with Crippen LogP contribution >= 0.6 is 15.9 Å². The Balaban J connectivity index is 1.51. The highest BCUT2D eigenvalue weighted by Crippen LogP contribution is 2.16. The predicted molar refractivity (Wildman–Crippen MR) is 119 cm³/mol. The maximum Gasteiger partial charge on any atom is 0.255 e. The van der Waals surface area contributed by atoms with E-state index in [2.05, 4.69) is 26.1 Å². The van der Waals surface area contributed by atoms with Gasteiger partial charge in [0.25, 0.3) is 5.91 Å². The molecule has 29 heavy (non-hydrogen) atoms. The summed E-state index contributed by atoms with van der Waals surface area (Å²) in [6, 6.07) is 15.0. The molecule has 1 fully saturated rings. The quantitative estimate of drug-likeness (QED) is 0.658. The zero-order valence-electron chi connectivity index (χ0n) is 16.5. The minimum atomic E-state index is -3.11. The molecule has 2 aromatic rings. The molecule has 0 radical (unpaired) electrons. The summed E-state index contributed by atoms with van der Waals surface area (Å²) in [6.07, 6.45) is 0.646. The maximum absolute atomic E-state index is 12.3. The predicted octanol–water partition coefficient (Wildman–Crippen LogP) is 3.56. The van der Waals surface area contributed by atoms with Gasteiger partial charge >= 0.3 is 0 Å². The van der Waals surface area contributed by atoms with Crippen molar-refractivity contribution < 1.29 is 13.2 Å². The molecule has 0 aromatic heterocycles. The van der Waals surface area contributed by atoms with Crippen molar-refractivity contribution in [3.8, 4) is 0 Å². The van der Waals surface area contributed by atoms with Crippen LogP contribution in [-0.4, -0.2) is 55.5 Å². The minimum absolute atomic E-state index is 0.144. The lowest BCUT2D eigenvalue weighted by atomic mass is 10.1. The fourth-order valence-electron chi connectivity index (χ4n) is 3.31. The molecule has 0 saturated carbocycles. The van der Waals surface area contributed by atoms with Crippen molar-refractivity contribution in [2.75, 3.05) is 37.2 Å². The number of piperazine rings is 1. The second-order valence-corrected chi connectivity index (χ2v) is 10.2. The number of halogens is 1. The van der Waals surface area contributed by atoms with Crippen LogP contribution in [-0.2, 0) is 16.6 Å². The SMILES string of the molecule is CCCS(=O)(=O)N1CCN(Cc2ccc(NC(=O)c3ccc(Br)cc3)cc2)CC1. The van der Waals surface area contributed by atoms with Crippen molar-refractivity contribution >= 4 is 37.5 Å². The summed E-state index contributed by atoms with van der Waals surface area (Å²) in [4.78, 5) is 14.6. The maximum atomic E-state index is 12.3. The molecule has 0 bridgehead atoms. The van der Waals surface area contributed by atoms with Gasteiger partial charge in [-0.15, -0.1) is 0 Å². The highest BCUT2D eigenvalue weighted by atomic mass is 79.9. The first-order chi connectivity index (χ1) is 13.9. The molecule has 8 heteroatoms. The van der Waals surface area contributed by atoms with E-state index in [1.54, 1.807) is 16.4 Å². The average molecular weight is 480 g/mol. The average Bonchev–Trinajstić information content (AvgIpc) is 2.70. The van der Waals surface area contributed by atoms with Crippen LogP contribution in [0.5, 0.6) is 0 Å². The number of carbonyl (C=O) groups is 1. The third kappa shape index (κ3) is 6.12. The smallest absolute Gasteiger partial charge is 0.255 e. The molecule has 6 nitrogen and oxygen atoms in total. The number of anilines is 1. The topological polar surface area (TPSA) is 69.7 Å². The van der Waals surface area contributed by atoms with E-state index in [0.29, 0.717) is 25.1 Å². The number of sulfonamides is 1. The molecule has 2 aromatic carbocycles. The van der Waals surface area contributed by atoms with Gasteiger partial charge in [0.05, 0.1) is 5.75 Å². The number of hydrogen-bond donors (Lipinski definition) is 1. The second-order valence-electron chi connectivity index (χ2n) is 7.15. The van der Waals surface area contributed by atoms with Gasteiger partial charge in [-0.3, -0.25) is 9.69 Å². The molecule has 1 heterocycles. The fourth-order valence-corrected chi connectivity index (χ4v) is 5.07. The highest BCUT2D eigenvalue weighted by molar-refractivity contribution is 9.10. The number of carbonyl (C=O) groups excluding carboxylic acids is 1. The van der Waals surface area contributed by atoms with E-state index in [9.17, 15) is 13.2 Å². The molecule has 1 saturated heterocycles. The van der Waals surface area contributed by atoms with Gasteiger partial charge in [0, 0.05) is 48.4 Å². The van der Waals surface area contributed by atoms with E-state index in [1.165, 1.54) is 0 Å². The van der Waals surface area contributed by atoms with Crippen LogP contribution in [0.4, 0.5) is 5.69 Å². The van der Waals surface area contributed by atoms with Crippen molar-refractivity contribution in [3.05, 3.63) is 64.1 Å². The van der Waals surface area contributed by atoms with Crippen LogP contribution in [0, 0.1) is 0 Å². The number of rotatable bonds is 7. The van der Waals surface area contributed by atoms with E-state index >= 15 is 0 Å². The third-order valence-corrected chi connectivity index (χ3v) is 7.52. The standard InChI is InChI=1S/C21H26BrN3O3S/c1-2-15-29(27,28)25-13-11-24(12-14-25)16-17-3-9-20(10-4-17)23-21(26)18-5-7-19(22)8-6-18/h3-10H,2,11-16H2,1H3,(H,23,26). The van der Waals surface area contributed by atoms with Gasteiger partial charge in [0.2, 0.25) is 10.0 Å². The Labute approximate surface area is 181 Å². The molecule has 1 N–H and O–H groups in total. The Morgan fingerprint density at radius 2 is 1.62 bits per heavy atom. The van der Waals surface area contributed by atoms with Crippen molar-refractivity contribution in [2.45, 2.75) is 19.9 Å². The fraction of sp³-hybridized carbons (Fsp3) is 0.381. The summed E-state index contributed by atoms with van der Waals surface area (Å²) in [5, 5.41) is 2.90. The lowest BCUT2D eigenvalue weighted by Gasteiger charge is -2.34. The van der Waals surface area contributed by atoms with Crippen LogP contribution in [0.2, 0.25) is 0 Å². The summed E-state index contributed by atoms with van der Waals surface area (Å²) in [5.74, 6) is 0.0788. The van der Waals surface area contributed by atoms with Crippen molar-refractivity contribution in [1.29, 1.82) is 0 Å². The Bertz CT molecular complexity index is 923. The molecule has 0 atom stereocenters. The molecular weight excluding hydrogens is 454 g/mol. The Kier molecular flexibility index (Phi) is 7.45. The van der Waals surface area contributed by atoms with E-state index < -0.39 is 10.0 Å². The van der Waals surface area contributed by atoms with Gasteiger partial charge in [-0.1, -0.05) is 35.0 Å². The Morgan fingerprint density at radius 1 is 1.00 bits per heavy atom. The first-order valence-corrected chi connectivity index (χ1v) is 12.1. The normalized spacial score (nSPS) is 15.9. The van der Waals surface area contributed by atoms with E-state index in [0.717, 1.165) is 35.4 Å². The molecule has 1 amide bonds. The van der Waals surface area contributed by atoms with E-state index in [1.807, 2.05) is 43.3 Å². The first kappa shape index (κ1) is 22.0. The summed E-state index contributed by atoms with van der Waals surface area (Å²) < 4.78 is 26.9. The highest BCUT2D eigenvalue weighted by Gasteiger charge is 2.25. The Morgan fingerprint density at radius 3 is 2.21 bits per heavy atom. The molecule has 0 spiro atoms. The first-order valence-electron chi connectivity index (χ1n) is 9.73. The van der Waals surface area contributed by atoms with Crippen LogP contribution in [0.3, 0.4) is 0 Å². The summed E-state index contributed by atoms with van der Waals surface area (Å²) in [5.41, 5.74) is 2.49. The number of amides is 1. The van der Waals surface area contributed by atoms with Gasteiger partial charge in [-0.05, 0) is 48.4 Å². The van der Waals surface area contributed by atoms with Gasteiger partial charge in [0.15, 0.2) is 0 Å².